The summed E-state index contributed by atoms with van der Waals surface area (Å²) in [6.07, 6.45) is 2.18. The number of amides is 2. The van der Waals surface area contributed by atoms with Crippen LogP contribution in [0.4, 0.5) is 4.79 Å². The monoisotopic (exact) mass is 348 g/mol. The number of carbonyl (C=O) groups is 1. The van der Waals surface area contributed by atoms with Gasteiger partial charge in [-0.2, -0.15) is 0 Å². The van der Waals surface area contributed by atoms with E-state index in [4.69, 9.17) is 4.42 Å². The first kappa shape index (κ1) is 16.6. The number of rotatable bonds is 3. The van der Waals surface area contributed by atoms with Crippen LogP contribution in [0, 0.1) is 0 Å². The molecule has 2 aromatic rings. The maximum Gasteiger partial charge on any atom is 0.317 e. The zero-order valence-corrected chi connectivity index (χ0v) is 14.3. The molecular formula is C17H20N2O4S. The molecule has 128 valence electrons. The smallest absolute Gasteiger partial charge is 0.317 e. The van der Waals surface area contributed by atoms with Crippen molar-refractivity contribution in [3.05, 3.63) is 54.0 Å². The summed E-state index contributed by atoms with van der Waals surface area (Å²) in [5, 5.41) is 2.91. The Bertz CT molecular complexity index is 815. The maximum absolute atomic E-state index is 12.5. The van der Waals surface area contributed by atoms with Crippen molar-refractivity contribution in [2.45, 2.75) is 30.8 Å². The first-order valence-corrected chi connectivity index (χ1v) is 9.49. The first-order valence-electron chi connectivity index (χ1n) is 7.84. The van der Waals surface area contributed by atoms with E-state index in [0.717, 1.165) is 5.76 Å². The van der Waals surface area contributed by atoms with Crippen molar-refractivity contribution in [2.75, 3.05) is 12.3 Å². The molecule has 1 aliphatic rings. The Morgan fingerprint density at radius 2 is 2.08 bits per heavy atom. The van der Waals surface area contributed by atoms with Gasteiger partial charge in [-0.1, -0.05) is 18.2 Å². The second kappa shape index (κ2) is 6.68. The Morgan fingerprint density at radius 3 is 2.83 bits per heavy atom. The summed E-state index contributed by atoms with van der Waals surface area (Å²) in [5.41, 5.74) is 0.656. The lowest BCUT2D eigenvalue weighted by Crippen LogP contribution is -2.45. The molecule has 0 fully saturated rings. The van der Waals surface area contributed by atoms with E-state index in [-0.39, 0.29) is 30.9 Å². The summed E-state index contributed by atoms with van der Waals surface area (Å²) in [6.45, 7) is 2.36. The molecule has 3 rings (SSSR count). The Labute approximate surface area is 141 Å². The van der Waals surface area contributed by atoms with Crippen molar-refractivity contribution in [3.63, 3.8) is 0 Å². The highest BCUT2D eigenvalue weighted by Gasteiger charge is 2.27. The standard InChI is InChI=1S/C17H20N2O4S/c1-13(11-15-6-4-9-23-15)18-17(20)19-8-10-24(21,22)16-7-3-2-5-14(16)12-19/h2-7,9,13H,8,10-12H2,1H3,(H,18,20). The largest absolute Gasteiger partial charge is 0.469 e. The molecule has 1 aromatic heterocycles. The third-order valence-electron chi connectivity index (χ3n) is 4.04. The fourth-order valence-electron chi connectivity index (χ4n) is 2.82. The first-order chi connectivity index (χ1) is 11.5. The van der Waals surface area contributed by atoms with Gasteiger partial charge in [0, 0.05) is 25.6 Å². The molecule has 24 heavy (non-hydrogen) atoms. The molecule has 0 aliphatic carbocycles. The fraction of sp³-hybridized carbons (Fsp3) is 0.353. The number of urea groups is 1. The quantitative estimate of drug-likeness (QED) is 0.922. The average Bonchev–Trinajstić information content (AvgIpc) is 2.99. The number of furan rings is 1. The predicted molar refractivity (Wildman–Crippen MR) is 89.3 cm³/mol. The van der Waals surface area contributed by atoms with E-state index in [1.165, 1.54) is 0 Å². The Morgan fingerprint density at radius 1 is 1.29 bits per heavy atom. The van der Waals surface area contributed by atoms with Gasteiger partial charge in [0.15, 0.2) is 9.84 Å². The van der Waals surface area contributed by atoms with E-state index in [1.54, 1.807) is 41.5 Å². The van der Waals surface area contributed by atoms with Gasteiger partial charge < -0.3 is 14.6 Å². The van der Waals surface area contributed by atoms with Crippen LogP contribution in [0.1, 0.15) is 18.2 Å². The Balaban J connectivity index is 1.70. The number of fused-ring (bicyclic) bond motifs is 1. The van der Waals surface area contributed by atoms with Crippen LogP contribution in [-0.2, 0) is 22.8 Å². The zero-order valence-electron chi connectivity index (χ0n) is 13.4. The highest BCUT2D eigenvalue weighted by atomic mass is 32.2. The van der Waals surface area contributed by atoms with Gasteiger partial charge in [-0.3, -0.25) is 0 Å². The Kier molecular flexibility index (Phi) is 4.62. The third-order valence-corrected chi connectivity index (χ3v) is 5.83. The highest BCUT2D eigenvalue weighted by molar-refractivity contribution is 7.91. The molecule has 0 saturated carbocycles. The van der Waals surface area contributed by atoms with Crippen molar-refractivity contribution in [3.8, 4) is 0 Å². The van der Waals surface area contributed by atoms with E-state index < -0.39 is 9.84 Å². The molecule has 2 amide bonds. The summed E-state index contributed by atoms with van der Waals surface area (Å²) in [6, 6.07) is 10.1. The summed E-state index contributed by atoms with van der Waals surface area (Å²) in [5.74, 6) is 0.732. The molecule has 0 bridgehead atoms. The van der Waals surface area contributed by atoms with Crippen molar-refractivity contribution in [2.24, 2.45) is 0 Å². The van der Waals surface area contributed by atoms with Crippen LogP contribution >= 0.6 is 0 Å². The van der Waals surface area contributed by atoms with Crippen LogP contribution < -0.4 is 5.32 Å². The molecular weight excluding hydrogens is 328 g/mol. The SMILES string of the molecule is CC(Cc1ccco1)NC(=O)N1CCS(=O)(=O)c2ccccc2C1. The second-order valence-electron chi connectivity index (χ2n) is 5.98. The molecule has 7 heteroatoms. The molecule has 0 saturated heterocycles. The van der Waals surface area contributed by atoms with E-state index in [1.807, 2.05) is 13.0 Å². The average molecular weight is 348 g/mol. The van der Waals surface area contributed by atoms with E-state index in [0.29, 0.717) is 16.9 Å². The van der Waals surface area contributed by atoms with E-state index in [2.05, 4.69) is 5.32 Å². The van der Waals surface area contributed by atoms with Gasteiger partial charge in [0.05, 0.1) is 16.9 Å². The lowest BCUT2D eigenvalue weighted by atomic mass is 10.2. The van der Waals surface area contributed by atoms with Gasteiger partial charge in [0.2, 0.25) is 0 Å². The van der Waals surface area contributed by atoms with Crippen molar-refractivity contribution in [1.82, 2.24) is 10.2 Å². The number of nitrogens with one attached hydrogen (secondary N) is 1. The molecule has 1 N–H and O–H groups in total. The van der Waals surface area contributed by atoms with E-state index in [9.17, 15) is 13.2 Å². The summed E-state index contributed by atoms with van der Waals surface area (Å²) in [4.78, 5) is 14.4. The molecule has 0 spiro atoms. The number of sulfone groups is 1. The number of carbonyl (C=O) groups excluding carboxylic acids is 1. The van der Waals surface area contributed by atoms with E-state index >= 15 is 0 Å². The topological polar surface area (TPSA) is 79.6 Å². The molecule has 1 aliphatic heterocycles. The van der Waals surface area contributed by atoms with Crippen LogP contribution in [0.5, 0.6) is 0 Å². The van der Waals surface area contributed by atoms with Gasteiger partial charge in [0.25, 0.3) is 0 Å². The third kappa shape index (κ3) is 3.62. The van der Waals surface area contributed by atoms with Crippen LogP contribution in [0.25, 0.3) is 0 Å². The number of hydrogen-bond donors (Lipinski definition) is 1. The minimum Gasteiger partial charge on any atom is -0.469 e. The molecule has 6 nitrogen and oxygen atoms in total. The normalized spacial score (nSPS) is 17.6. The lowest BCUT2D eigenvalue weighted by Gasteiger charge is -2.23. The molecule has 2 heterocycles. The van der Waals surface area contributed by atoms with Crippen molar-refractivity contribution >= 4 is 15.9 Å². The number of nitrogens with zero attached hydrogens (tertiary/aromatic N) is 1. The molecule has 1 atom stereocenters. The van der Waals surface area contributed by atoms with Crippen molar-refractivity contribution in [1.29, 1.82) is 0 Å². The van der Waals surface area contributed by atoms with Crippen LogP contribution in [0.3, 0.4) is 0 Å². The maximum atomic E-state index is 12.5. The fourth-order valence-corrected chi connectivity index (χ4v) is 4.32. The lowest BCUT2D eigenvalue weighted by molar-refractivity contribution is 0.195. The molecule has 0 radical (unpaired) electrons. The van der Waals surface area contributed by atoms with Crippen LogP contribution in [0.2, 0.25) is 0 Å². The second-order valence-corrected chi connectivity index (χ2v) is 8.06. The highest BCUT2D eigenvalue weighted by Crippen LogP contribution is 2.22. The van der Waals surface area contributed by atoms with Gasteiger partial charge in [-0.25, -0.2) is 13.2 Å². The summed E-state index contributed by atoms with van der Waals surface area (Å²) in [7, 11) is -3.35. The van der Waals surface area contributed by atoms with Gasteiger partial charge in [-0.15, -0.1) is 0 Å². The Hall–Kier alpha value is -2.28. The van der Waals surface area contributed by atoms with Crippen LogP contribution in [-0.4, -0.2) is 37.7 Å². The minimum absolute atomic E-state index is 0.0655. The molecule has 1 aromatic carbocycles. The number of hydrogen-bond acceptors (Lipinski definition) is 4. The van der Waals surface area contributed by atoms with Gasteiger partial charge in [0.1, 0.15) is 5.76 Å². The summed E-state index contributed by atoms with van der Waals surface area (Å²) >= 11 is 0. The van der Waals surface area contributed by atoms with Gasteiger partial charge >= 0.3 is 6.03 Å². The zero-order chi connectivity index (χ0) is 17.2. The number of benzene rings is 1. The van der Waals surface area contributed by atoms with Gasteiger partial charge in [-0.05, 0) is 30.7 Å². The predicted octanol–water partition coefficient (Wildman–Crippen LogP) is 2.21. The summed E-state index contributed by atoms with van der Waals surface area (Å²) < 4.78 is 29.9. The van der Waals surface area contributed by atoms with Crippen LogP contribution in [0.15, 0.2) is 52.0 Å². The molecule has 1 unspecified atom stereocenters. The minimum atomic E-state index is -3.35. The van der Waals surface area contributed by atoms with Crippen molar-refractivity contribution < 1.29 is 17.6 Å².